The second-order valence-corrected chi connectivity index (χ2v) is 7.37. The van der Waals surface area contributed by atoms with Gasteiger partial charge < -0.3 is 14.7 Å². The molecule has 0 N–H and O–H groups in total. The Morgan fingerprint density at radius 3 is 2.38 bits per heavy atom. The van der Waals surface area contributed by atoms with E-state index >= 15 is 0 Å². The highest BCUT2D eigenvalue weighted by Gasteiger charge is 2.33. The lowest BCUT2D eigenvalue weighted by atomic mass is 10.2. The van der Waals surface area contributed by atoms with Crippen molar-refractivity contribution in [1.82, 2.24) is 19.7 Å². The SMILES string of the molecule is CCN1CCN(CC(=O)N(C)C(C)c2nc(C)sc2C)C(=O)C1=O. The first kappa shape index (κ1) is 18.4. The van der Waals surface area contributed by atoms with Crippen molar-refractivity contribution in [2.24, 2.45) is 0 Å². The largest absolute Gasteiger partial charge is 0.336 e. The summed E-state index contributed by atoms with van der Waals surface area (Å²) in [6.07, 6.45) is 0. The monoisotopic (exact) mass is 352 g/mol. The van der Waals surface area contributed by atoms with E-state index in [-0.39, 0.29) is 18.5 Å². The smallest absolute Gasteiger partial charge is 0.312 e. The topological polar surface area (TPSA) is 73.8 Å². The van der Waals surface area contributed by atoms with Crippen LogP contribution in [0.1, 0.15) is 35.5 Å². The van der Waals surface area contributed by atoms with Gasteiger partial charge in [0.25, 0.3) is 0 Å². The highest BCUT2D eigenvalue weighted by Crippen LogP contribution is 2.26. The van der Waals surface area contributed by atoms with Gasteiger partial charge in [0.15, 0.2) is 0 Å². The Morgan fingerprint density at radius 2 is 1.83 bits per heavy atom. The molecule has 24 heavy (non-hydrogen) atoms. The first-order valence-electron chi connectivity index (χ1n) is 8.04. The van der Waals surface area contributed by atoms with E-state index in [1.165, 1.54) is 9.80 Å². The van der Waals surface area contributed by atoms with Gasteiger partial charge in [0.05, 0.1) is 16.7 Å². The third-order valence-corrected chi connectivity index (χ3v) is 5.32. The minimum atomic E-state index is -0.599. The molecule has 1 unspecified atom stereocenters. The van der Waals surface area contributed by atoms with Crippen LogP contribution < -0.4 is 0 Å². The van der Waals surface area contributed by atoms with Crippen LogP contribution in [0.2, 0.25) is 0 Å². The minimum Gasteiger partial charge on any atom is -0.336 e. The zero-order chi connectivity index (χ0) is 18.0. The van der Waals surface area contributed by atoms with Crippen molar-refractivity contribution in [2.45, 2.75) is 33.7 Å². The molecule has 2 rings (SSSR count). The van der Waals surface area contributed by atoms with Gasteiger partial charge in [-0.3, -0.25) is 14.4 Å². The number of carbonyl (C=O) groups excluding carboxylic acids is 3. The Balaban J connectivity index is 2.03. The van der Waals surface area contributed by atoms with Crippen molar-refractivity contribution in [2.75, 3.05) is 33.2 Å². The van der Waals surface area contributed by atoms with Crippen molar-refractivity contribution in [3.8, 4) is 0 Å². The number of thiazole rings is 1. The third kappa shape index (κ3) is 3.58. The van der Waals surface area contributed by atoms with Crippen molar-refractivity contribution in [3.05, 3.63) is 15.6 Å². The molecule has 1 aromatic heterocycles. The van der Waals surface area contributed by atoms with Crippen LogP contribution >= 0.6 is 11.3 Å². The van der Waals surface area contributed by atoms with Gasteiger partial charge in [-0.05, 0) is 27.7 Å². The molecular formula is C16H24N4O3S. The van der Waals surface area contributed by atoms with Crippen molar-refractivity contribution >= 4 is 29.1 Å². The third-order valence-electron chi connectivity index (χ3n) is 4.41. The number of hydrogen-bond donors (Lipinski definition) is 0. The van der Waals surface area contributed by atoms with Crippen LogP contribution in [-0.4, -0.2) is 70.6 Å². The summed E-state index contributed by atoms with van der Waals surface area (Å²) in [5.74, 6) is -1.32. The molecule has 0 aliphatic carbocycles. The summed E-state index contributed by atoms with van der Waals surface area (Å²) in [7, 11) is 1.70. The van der Waals surface area contributed by atoms with Crippen LogP contribution in [0.25, 0.3) is 0 Å². The summed E-state index contributed by atoms with van der Waals surface area (Å²) in [5, 5.41) is 0.965. The molecule has 0 bridgehead atoms. The molecule has 1 fully saturated rings. The predicted octanol–water partition coefficient (Wildman–Crippen LogP) is 0.970. The van der Waals surface area contributed by atoms with E-state index < -0.39 is 11.8 Å². The lowest BCUT2D eigenvalue weighted by Crippen LogP contribution is -2.56. The van der Waals surface area contributed by atoms with Gasteiger partial charge in [-0.25, -0.2) is 4.98 Å². The number of aryl methyl sites for hydroxylation is 2. The zero-order valence-electron chi connectivity index (χ0n) is 14.8. The van der Waals surface area contributed by atoms with Gasteiger partial charge in [-0.2, -0.15) is 0 Å². The van der Waals surface area contributed by atoms with Crippen LogP contribution in [-0.2, 0) is 14.4 Å². The quantitative estimate of drug-likeness (QED) is 0.740. The van der Waals surface area contributed by atoms with E-state index in [1.807, 2.05) is 27.7 Å². The van der Waals surface area contributed by atoms with Crippen molar-refractivity contribution in [3.63, 3.8) is 0 Å². The molecule has 7 nitrogen and oxygen atoms in total. The maximum absolute atomic E-state index is 12.5. The molecule has 3 amide bonds. The number of likely N-dealkylation sites (N-methyl/N-ethyl adjacent to an activating group) is 2. The van der Waals surface area contributed by atoms with E-state index in [2.05, 4.69) is 4.98 Å². The average molecular weight is 352 g/mol. The van der Waals surface area contributed by atoms with Crippen LogP contribution in [0.3, 0.4) is 0 Å². The van der Waals surface area contributed by atoms with Crippen LogP contribution in [0.15, 0.2) is 0 Å². The summed E-state index contributed by atoms with van der Waals surface area (Å²) in [4.78, 5) is 46.6. The summed E-state index contributed by atoms with van der Waals surface area (Å²) >= 11 is 1.60. The first-order chi connectivity index (χ1) is 11.3. The molecule has 0 saturated carbocycles. The summed E-state index contributed by atoms with van der Waals surface area (Å²) in [5.41, 5.74) is 0.881. The minimum absolute atomic E-state index is 0.0782. The number of hydrogen-bond acceptors (Lipinski definition) is 5. The molecule has 1 saturated heterocycles. The number of carbonyl (C=O) groups is 3. The van der Waals surface area contributed by atoms with Gasteiger partial charge in [0.2, 0.25) is 5.91 Å². The maximum Gasteiger partial charge on any atom is 0.312 e. The lowest BCUT2D eigenvalue weighted by Gasteiger charge is -2.34. The molecule has 0 radical (unpaired) electrons. The normalized spacial score (nSPS) is 16.5. The van der Waals surface area contributed by atoms with Gasteiger partial charge in [-0.15, -0.1) is 11.3 Å². The Kier molecular flexibility index (Phi) is 5.58. The van der Waals surface area contributed by atoms with E-state index in [1.54, 1.807) is 23.3 Å². The van der Waals surface area contributed by atoms with Crippen LogP contribution in [0, 0.1) is 13.8 Å². The fraction of sp³-hybridized carbons (Fsp3) is 0.625. The predicted molar refractivity (Wildman–Crippen MR) is 91.6 cm³/mol. The summed E-state index contributed by atoms with van der Waals surface area (Å²) in [6.45, 7) is 8.96. The fourth-order valence-electron chi connectivity index (χ4n) is 2.77. The molecule has 2 heterocycles. The highest BCUT2D eigenvalue weighted by atomic mass is 32.1. The Bertz CT molecular complexity index is 658. The van der Waals surface area contributed by atoms with E-state index in [0.29, 0.717) is 19.6 Å². The van der Waals surface area contributed by atoms with E-state index in [0.717, 1.165) is 15.6 Å². The average Bonchev–Trinajstić information content (AvgIpc) is 2.89. The summed E-state index contributed by atoms with van der Waals surface area (Å²) < 4.78 is 0. The van der Waals surface area contributed by atoms with Gasteiger partial charge >= 0.3 is 11.8 Å². The number of piperazine rings is 1. The molecule has 1 atom stereocenters. The molecule has 1 aliphatic rings. The Hall–Kier alpha value is -1.96. The summed E-state index contributed by atoms with van der Waals surface area (Å²) in [6, 6.07) is -0.176. The maximum atomic E-state index is 12.5. The fourth-order valence-corrected chi connectivity index (χ4v) is 3.68. The van der Waals surface area contributed by atoms with E-state index in [9.17, 15) is 14.4 Å². The molecule has 132 valence electrons. The Labute approximate surface area is 146 Å². The van der Waals surface area contributed by atoms with Crippen LogP contribution in [0.5, 0.6) is 0 Å². The molecule has 0 spiro atoms. The highest BCUT2D eigenvalue weighted by molar-refractivity contribution is 7.11. The molecule has 1 aromatic rings. The van der Waals surface area contributed by atoms with Crippen molar-refractivity contribution < 1.29 is 14.4 Å². The van der Waals surface area contributed by atoms with Gasteiger partial charge in [0.1, 0.15) is 6.54 Å². The zero-order valence-corrected chi connectivity index (χ0v) is 15.6. The number of nitrogens with zero attached hydrogens (tertiary/aromatic N) is 4. The Morgan fingerprint density at radius 1 is 1.25 bits per heavy atom. The molecular weight excluding hydrogens is 328 g/mol. The standard InChI is InChI=1S/C16H24N4O3S/c1-6-19-7-8-20(16(23)15(19)22)9-13(21)18(5)10(2)14-11(3)24-12(4)17-14/h10H,6-9H2,1-5H3. The van der Waals surface area contributed by atoms with Gasteiger partial charge in [0, 0.05) is 31.6 Å². The number of amides is 3. The molecule has 8 heteroatoms. The number of rotatable bonds is 5. The van der Waals surface area contributed by atoms with Gasteiger partial charge in [-0.1, -0.05) is 0 Å². The second-order valence-electron chi connectivity index (χ2n) is 5.97. The van der Waals surface area contributed by atoms with Crippen LogP contribution in [0.4, 0.5) is 0 Å². The number of aromatic nitrogens is 1. The lowest BCUT2D eigenvalue weighted by molar-refractivity contribution is -0.157. The van der Waals surface area contributed by atoms with Crippen molar-refractivity contribution in [1.29, 1.82) is 0 Å². The first-order valence-corrected chi connectivity index (χ1v) is 8.85. The second kappa shape index (κ2) is 7.29. The molecule has 1 aliphatic heterocycles. The van der Waals surface area contributed by atoms with E-state index in [4.69, 9.17) is 0 Å². The molecule has 0 aromatic carbocycles.